The SMILES string of the molecule is CCC(C)(COCCC(C)(O)C(F)(F)F)C(=O)OC. The molecule has 2 atom stereocenters. The van der Waals surface area contributed by atoms with Crippen molar-refractivity contribution in [2.24, 2.45) is 5.41 Å². The molecule has 114 valence electrons. The molecule has 0 aliphatic rings. The molecule has 0 bridgehead atoms. The van der Waals surface area contributed by atoms with Gasteiger partial charge in [-0.05, 0) is 20.3 Å². The van der Waals surface area contributed by atoms with E-state index in [2.05, 4.69) is 4.74 Å². The third kappa shape index (κ3) is 4.99. The minimum Gasteiger partial charge on any atom is -0.469 e. The molecule has 0 rings (SSSR count). The molecule has 1 N–H and O–H groups in total. The molecule has 0 fully saturated rings. The monoisotopic (exact) mass is 286 g/mol. The standard InChI is InChI=1S/C12H21F3O4/c1-5-10(2,9(16)18-4)8-19-7-6-11(3,17)12(13,14)15/h17H,5-8H2,1-4H3. The Morgan fingerprint density at radius 1 is 1.26 bits per heavy atom. The quantitative estimate of drug-likeness (QED) is 0.576. The first-order valence-corrected chi connectivity index (χ1v) is 5.95. The fourth-order valence-electron chi connectivity index (χ4n) is 1.26. The average molecular weight is 286 g/mol. The van der Waals surface area contributed by atoms with Gasteiger partial charge in [-0.1, -0.05) is 6.92 Å². The van der Waals surface area contributed by atoms with Crippen LogP contribution in [0.2, 0.25) is 0 Å². The van der Waals surface area contributed by atoms with Crippen LogP contribution in [0.15, 0.2) is 0 Å². The molecule has 2 unspecified atom stereocenters. The number of carbonyl (C=O) groups is 1. The van der Waals surface area contributed by atoms with Gasteiger partial charge < -0.3 is 14.6 Å². The first-order valence-electron chi connectivity index (χ1n) is 5.95. The number of esters is 1. The zero-order chi connectivity index (χ0) is 15.3. The second kappa shape index (κ2) is 6.56. The van der Waals surface area contributed by atoms with Crippen LogP contribution >= 0.6 is 0 Å². The number of methoxy groups -OCH3 is 1. The predicted octanol–water partition coefficient (Wildman–Crippen LogP) is 2.30. The number of ether oxygens (including phenoxy) is 2. The molecular formula is C12H21F3O4. The third-order valence-electron chi connectivity index (χ3n) is 3.22. The van der Waals surface area contributed by atoms with E-state index in [-0.39, 0.29) is 13.2 Å². The number of rotatable bonds is 7. The van der Waals surface area contributed by atoms with Gasteiger partial charge in [-0.15, -0.1) is 0 Å². The smallest absolute Gasteiger partial charge is 0.416 e. The third-order valence-corrected chi connectivity index (χ3v) is 3.22. The van der Waals surface area contributed by atoms with Crippen LogP contribution in [0.1, 0.15) is 33.6 Å². The topological polar surface area (TPSA) is 55.8 Å². The highest BCUT2D eigenvalue weighted by molar-refractivity contribution is 5.76. The van der Waals surface area contributed by atoms with Crippen molar-refractivity contribution in [3.8, 4) is 0 Å². The summed E-state index contributed by atoms with van der Waals surface area (Å²) in [6, 6.07) is 0. The Morgan fingerprint density at radius 2 is 1.79 bits per heavy atom. The summed E-state index contributed by atoms with van der Waals surface area (Å²) in [6.45, 7) is 3.71. The summed E-state index contributed by atoms with van der Waals surface area (Å²) in [7, 11) is 1.24. The van der Waals surface area contributed by atoms with E-state index < -0.39 is 29.6 Å². The van der Waals surface area contributed by atoms with Crippen LogP contribution in [0.25, 0.3) is 0 Å². The number of carbonyl (C=O) groups excluding carboxylic acids is 1. The van der Waals surface area contributed by atoms with Gasteiger partial charge in [0.2, 0.25) is 0 Å². The molecule has 19 heavy (non-hydrogen) atoms. The lowest BCUT2D eigenvalue weighted by atomic mass is 9.89. The first kappa shape index (κ1) is 18.2. The van der Waals surface area contributed by atoms with E-state index in [9.17, 15) is 23.1 Å². The van der Waals surface area contributed by atoms with E-state index >= 15 is 0 Å². The molecule has 0 aromatic rings. The molecule has 0 saturated carbocycles. The van der Waals surface area contributed by atoms with E-state index in [1.807, 2.05) is 0 Å². The first-order chi connectivity index (χ1) is 8.50. The zero-order valence-electron chi connectivity index (χ0n) is 11.6. The van der Waals surface area contributed by atoms with Crippen LogP contribution in [0.3, 0.4) is 0 Å². The van der Waals surface area contributed by atoms with Crippen LogP contribution in [0, 0.1) is 5.41 Å². The second-order valence-electron chi connectivity index (χ2n) is 4.98. The van der Waals surface area contributed by atoms with Crippen molar-refractivity contribution < 1.29 is 32.5 Å². The van der Waals surface area contributed by atoms with Crippen LogP contribution in [-0.2, 0) is 14.3 Å². The molecule has 4 nitrogen and oxygen atoms in total. The van der Waals surface area contributed by atoms with E-state index in [0.717, 1.165) is 0 Å². The van der Waals surface area contributed by atoms with Gasteiger partial charge in [0.1, 0.15) is 0 Å². The highest BCUT2D eigenvalue weighted by atomic mass is 19.4. The van der Waals surface area contributed by atoms with Crippen LogP contribution in [0.5, 0.6) is 0 Å². The molecule has 0 aliphatic carbocycles. The van der Waals surface area contributed by atoms with E-state index in [1.165, 1.54) is 7.11 Å². The van der Waals surface area contributed by atoms with Gasteiger partial charge in [-0.25, -0.2) is 0 Å². The number of alkyl halides is 3. The highest BCUT2D eigenvalue weighted by Crippen LogP contribution is 2.32. The van der Waals surface area contributed by atoms with Crippen LogP contribution in [-0.4, -0.2) is 43.2 Å². The molecular weight excluding hydrogens is 265 g/mol. The second-order valence-corrected chi connectivity index (χ2v) is 4.98. The molecule has 7 heteroatoms. The van der Waals surface area contributed by atoms with Gasteiger partial charge in [-0.2, -0.15) is 13.2 Å². The summed E-state index contributed by atoms with van der Waals surface area (Å²) in [6.07, 6.45) is -4.85. The fraction of sp³-hybridized carbons (Fsp3) is 0.917. The number of hydrogen-bond acceptors (Lipinski definition) is 4. The van der Waals surface area contributed by atoms with Crippen molar-refractivity contribution in [3.63, 3.8) is 0 Å². The molecule has 0 spiro atoms. The maximum atomic E-state index is 12.4. The Bertz CT molecular complexity index is 302. The minimum absolute atomic E-state index is 0.0515. The molecule has 0 radical (unpaired) electrons. The van der Waals surface area contributed by atoms with E-state index in [1.54, 1.807) is 13.8 Å². The van der Waals surface area contributed by atoms with Crippen LogP contribution in [0.4, 0.5) is 13.2 Å². The molecule has 0 heterocycles. The minimum atomic E-state index is -4.70. The van der Waals surface area contributed by atoms with Crippen molar-refractivity contribution in [2.75, 3.05) is 20.3 Å². The van der Waals surface area contributed by atoms with Gasteiger partial charge in [0.25, 0.3) is 0 Å². The number of halogens is 3. The van der Waals surface area contributed by atoms with Crippen molar-refractivity contribution in [1.82, 2.24) is 0 Å². The van der Waals surface area contributed by atoms with E-state index in [4.69, 9.17) is 4.74 Å². The molecule has 0 aromatic heterocycles. The largest absolute Gasteiger partial charge is 0.469 e. The molecule has 0 aromatic carbocycles. The lowest BCUT2D eigenvalue weighted by Crippen LogP contribution is -2.43. The number of aliphatic hydroxyl groups is 1. The molecule has 0 saturated heterocycles. The average Bonchev–Trinajstić information content (AvgIpc) is 2.31. The van der Waals surface area contributed by atoms with Gasteiger partial charge in [0.05, 0.1) is 19.1 Å². The summed E-state index contributed by atoms with van der Waals surface area (Å²) in [5.41, 5.74) is -3.68. The Labute approximate surface area is 110 Å². The fourth-order valence-corrected chi connectivity index (χ4v) is 1.26. The Balaban J connectivity index is 4.28. The van der Waals surface area contributed by atoms with Gasteiger partial charge >= 0.3 is 12.1 Å². The normalized spacial score (nSPS) is 18.5. The Hall–Kier alpha value is -0.820. The van der Waals surface area contributed by atoms with Crippen molar-refractivity contribution >= 4 is 5.97 Å². The summed E-state index contributed by atoms with van der Waals surface area (Å²) in [4.78, 5) is 11.5. The number of hydrogen-bond donors (Lipinski definition) is 1. The van der Waals surface area contributed by atoms with E-state index in [0.29, 0.717) is 13.3 Å². The lowest BCUT2D eigenvalue weighted by Gasteiger charge is -2.28. The lowest BCUT2D eigenvalue weighted by molar-refractivity contribution is -0.258. The predicted molar refractivity (Wildman–Crippen MR) is 62.5 cm³/mol. The summed E-state index contributed by atoms with van der Waals surface area (Å²) in [5.74, 6) is -0.474. The van der Waals surface area contributed by atoms with Crippen molar-refractivity contribution in [2.45, 2.75) is 45.4 Å². The Morgan fingerprint density at radius 3 is 2.16 bits per heavy atom. The molecule has 0 amide bonds. The highest BCUT2D eigenvalue weighted by Gasteiger charge is 2.49. The Kier molecular flexibility index (Phi) is 6.28. The van der Waals surface area contributed by atoms with Gasteiger partial charge in [0, 0.05) is 13.0 Å². The van der Waals surface area contributed by atoms with Gasteiger partial charge in [0.15, 0.2) is 5.60 Å². The summed E-state index contributed by atoms with van der Waals surface area (Å²) in [5, 5.41) is 9.20. The maximum absolute atomic E-state index is 12.4. The maximum Gasteiger partial charge on any atom is 0.416 e. The van der Waals surface area contributed by atoms with Crippen LogP contribution < -0.4 is 0 Å². The summed E-state index contributed by atoms with van der Waals surface area (Å²) >= 11 is 0. The van der Waals surface area contributed by atoms with Gasteiger partial charge in [-0.3, -0.25) is 4.79 Å². The van der Waals surface area contributed by atoms with Crippen molar-refractivity contribution in [3.05, 3.63) is 0 Å². The zero-order valence-corrected chi connectivity index (χ0v) is 11.6. The van der Waals surface area contributed by atoms with Crippen molar-refractivity contribution in [1.29, 1.82) is 0 Å². The molecule has 0 aliphatic heterocycles. The summed E-state index contributed by atoms with van der Waals surface area (Å²) < 4.78 is 46.8.